The summed E-state index contributed by atoms with van der Waals surface area (Å²) in [6.07, 6.45) is 0.651. The number of rotatable bonds is 4. The number of hydrogen-bond acceptors (Lipinski definition) is 4. The minimum atomic E-state index is -4.14. The van der Waals surface area contributed by atoms with Crippen molar-refractivity contribution in [2.45, 2.75) is 17.4 Å². The molecule has 1 fully saturated rings. The van der Waals surface area contributed by atoms with Gasteiger partial charge in [-0.2, -0.15) is 11.8 Å². The molecule has 2 N–H and O–H groups in total. The van der Waals surface area contributed by atoms with E-state index in [1.165, 1.54) is 0 Å². The minimum absolute atomic E-state index is 0.148. The van der Waals surface area contributed by atoms with Gasteiger partial charge in [0.25, 0.3) is 0 Å². The number of aromatic carboxylic acids is 1. The number of carboxylic acids is 1. The SMILES string of the molecule is O=C(O)c1cc(Cl)cc(S(=O)(=O)NC2CCSC2)c1F. The normalized spacial score (nSPS) is 19.2. The molecule has 0 radical (unpaired) electrons. The molecule has 0 saturated carbocycles. The van der Waals surface area contributed by atoms with Crippen LogP contribution in [-0.2, 0) is 10.0 Å². The number of carboxylic acid groups (broad SMARTS) is 1. The van der Waals surface area contributed by atoms with Gasteiger partial charge in [-0.05, 0) is 24.3 Å². The van der Waals surface area contributed by atoms with Gasteiger partial charge in [-0.25, -0.2) is 22.3 Å². The van der Waals surface area contributed by atoms with Gasteiger partial charge >= 0.3 is 5.97 Å². The molecule has 0 aliphatic carbocycles. The fourth-order valence-corrected chi connectivity index (χ4v) is 4.76. The maximum absolute atomic E-state index is 14.0. The number of carbonyl (C=O) groups is 1. The number of halogens is 2. The fourth-order valence-electron chi connectivity index (χ4n) is 1.83. The summed E-state index contributed by atoms with van der Waals surface area (Å²) >= 11 is 7.25. The van der Waals surface area contributed by atoms with Crippen LogP contribution < -0.4 is 4.72 Å². The Balaban J connectivity index is 2.42. The van der Waals surface area contributed by atoms with Gasteiger partial charge in [-0.1, -0.05) is 11.6 Å². The summed E-state index contributed by atoms with van der Waals surface area (Å²) in [6, 6.07) is 1.51. The Hall–Kier alpha value is -0.830. The highest BCUT2D eigenvalue weighted by molar-refractivity contribution is 7.99. The van der Waals surface area contributed by atoms with Crippen LogP contribution in [0.25, 0.3) is 0 Å². The van der Waals surface area contributed by atoms with E-state index in [9.17, 15) is 17.6 Å². The molecule has 1 heterocycles. The highest BCUT2D eigenvalue weighted by Gasteiger charge is 2.28. The number of nitrogens with one attached hydrogen (secondary N) is 1. The first-order chi connectivity index (χ1) is 9.31. The van der Waals surface area contributed by atoms with Crippen molar-refractivity contribution in [3.05, 3.63) is 28.5 Å². The Morgan fingerprint density at radius 1 is 1.50 bits per heavy atom. The molecule has 110 valence electrons. The third-order valence-corrected chi connectivity index (χ3v) is 5.68. The minimum Gasteiger partial charge on any atom is -0.478 e. The van der Waals surface area contributed by atoms with E-state index in [1.807, 2.05) is 0 Å². The Bertz CT molecular complexity index is 644. The monoisotopic (exact) mass is 339 g/mol. The maximum atomic E-state index is 14.0. The average Bonchev–Trinajstić information content (AvgIpc) is 2.83. The predicted octanol–water partition coefficient (Wildman–Crippen LogP) is 1.96. The van der Waals surface area contributed by atoms with Gasteiger partial charge in [-0.15, -0.1) is 0 Å². The van der Waals surface area contributed by atoms with Crippen LogP contribution in [0.15, 0.2) is 17.0 Å². The first kappa shape index (κ1) is 15.6. The first-order valence-electron chi connectivity index (χ1n) is 5.63. The molecule has 0 amide bonds. The fraction of sp³-hybridized carbons (Fsp3) is 0.364. The van der Waals surface area contributed by atoms with E-state index in [1.54, 1.807) is 11.8 Å². The average molecular weight is 340 g/mol. The quantitative estimate of drug-likeness (QED) is 0.876. The standard InChI is InChI=1S/C11H11ClFNO4S2/c12-6-3-8(11(15)16)10(13)9(4-6)20(17,18)14-7-1-2-19-5-7/h3-4,7,14H,1-2,5H2,(H,15,16). The number of thioether (sulfide) groups is 1. The molecule has 0 bridgehead atoms. The molecule has 0 aromatic heterocycles. The van der Waals surface area contributed by atoms with Crippen LogP contribution in [0.4, 0.5) is 4.39 Å². The zero-order valence-corrected chi connectivity index (χ0v) is 12.5. The van der Waals surface area contributed by atoms with Crippen molar-refractivity contribution < 1.29 is 22.7 Å². The van der Waals surface area contributed by atoms with E-state index < -0.39 is 32.3 Å². The van der Waals surface area contributed by atoms with E-state index in [2.05, 4.69) is 4.72 Å². The van der Waals surface area contributed by atoms with Crippen LogP contribution in [0.1, 0.15) is 16.8 Å². The molecule has 2 rings (SSSR count). The van der Waals surface area contributed by atoms with Gasteiger partial charge in [0.2, 0.25) is 10.0 Å². The second kappa shape index (κ2) is 5.88. The van der Waals surface area contributed by atoms with E-state index in [0.29, 0.717) is 12.2 Å². The number of sulfonamides is 1. The summed E-state index contributed by atoms with van der Waals surface area (Å²) in [7, 11) is -4.14. The topological polar surface area (TPSA) is 83.5 Å². The molecular formula is C11H11ClFNO4S2. The van der Waals surface area contributed by atoms with Gasteiger partial charge < -0.3 is 5.11 Å². The van der Waals surface area contributed by atoms with Crippen molar-refractivity contribution in [1.29, 1.82) is 0 Å². The number of hydrogen-bond donors (Lipinski definition) is 2. The van der Waals surface area contributed by atoms with Crippen molar-refractivity contribution in [2.24, 2.45) is 0 Å². The lowest BCUT2D eigenvalue weighted by atomic mass is 10.2. The second-order valence-corrected chi connectivity index (χ2v) is 7.52. The molecule has 1 saturated heterocycles. The maximum Gasteiger partial charge on any atom is 0.338 e. The van der Waals surface area contributed by atoms with Crippen molar-refractivity contribution >= 4 is 39.4 Å². The molecule has 9 heteroatoms. The van der Waals surface area contributed by atoms with Crippen LogP contribution >= 0.6 is 23.4 Å². The van der Waals surface area contributed by atoms with E-state index in [0.717, 1.165) is 17.9 Å². The molecule has 1 aromatic rings. The second-order valence-electron chi connectivity index (χ2n) is 4.25. The van der Waals surface area contributed by atoms with Gasteiger partial charge in [0.15, 0.2) is 5.82 Å². The third-order valence-electron chi connectivity index (χ3n) is 2.78. The predicted molar refractivity (Wildman–Crippen MR) is 74.4 cm³/mol. The van der Waals surface area contributed by atoms with Crippen molar-refractivity contribution in [2.75, 3.05) is 11.5 Å². The van der Waals surface area contributed by atoms with Crippen molar-refractivity contribution in [3.63, 3.8) is 0 Å². The summed E-state index contributed by atoms with van der Waals surface area (Å²) in [5, 5.41) is 8.70. The summed E-state index contributed by atoms with van der Waals surface area (Å²) in [5.74, 6) is -1.45. The summed E-state index contributed by atoms with van der Waals surface area (Å²) in [5.41, 5.74) is -0.765. The third kappa shape index (κ3) is 3.25. The molecule has 20 heavy (non-hydrogen) atoms. The van der Waals surface area contributed by atoms with E-state index in [4.69, 9.17) is 16.7 Å². The zero-order chi connectivity index (χ0) is 14.9. The smallest absolute Gasteiger partial charge is 0.338 e. The van der Waals surface area contributed by atoms with E-state index in [-0.39, 0.29) is 11.1 Å². The van der Waals surface area contributed by atoms with Crippen molar-refractivity contribution in [1.82, 2.24) is 4.72 Å². The lowest BCUT2D eigenvalue weighted by molar-refractivity contribution is 0.0691. The van der Waals surface area contributed by atoms with Crippen LogP contribution in [-0.4, -0.2) is 37.0 Å². The highest BCUT2D eigenvalue weighted by atomic mass is 35.5. The van der Waals surface area contributed by atoms with Gasteiger partial charge in [0.05, 0.1) is 5.56 Å². The van der Waals surface area contributed by atoms with Crippen LogP contribution in [0.3, 0.4) is 0 Å². The van der Waals surface area contributed by atoms with Crippen LogP contribution in [0.2, 0.25) is 5.02 Å². The Labute approximate surface area is 124 Å². The summed E-state index contributed by atoms with van der Waals surface area (Å²) in [4.78, 5) is 10.1. The van der Waals surface area contributed by atoms with Gasteiger partial charge in [0, 0.05) is 16.8 Å². The molecule has 1 aliphatic rings. The largest absolute Gasteiger partial charge is 0.478 e. The molecule has 1 atom stereocenters. The van der Waals surface area contributed by atoms with E-state index >= 15 is 0 Å². The Morgan fingerprint density at radius 2 is 2.20 bits per heavy atom. The summed E-state index contributed by atoms with van der Waals surface area (Å²) < 4.78 is 40.6. The number of benzene rings is 1. The Morgan fingerprint density at radius 3 is 2.75 bits per heavy atom. The lowest BCUT2D eigenvalue weighted by Crippen LogP contribution is -2.35. The highest BCUT2D eigenvalue weighted by Crippen LogP contribution is 2.25. The van der Waals surface area contributed by atoms with Crippen LogP contribution in [0, 0.1) is 5.82 Å². The lowest BCUT2D eigenvalue weighted by Gasteiger charge is -2.13. The van der Waals surface area contributed by atoms with Crippen molar-refractivity contribution in [3.8, 4) is 0 Å². The Kier molecular flexibility index (Phi) is 4.58. The molecular weight excluding hydrogens is 329 g/mol. The van der Waals surface area contributed by atoms with Crippen LogP contribution in [0.5, 0.6) is 0 Å². The summed E-state index contributed by atoms with van der Waals surface area (Å²) in [6.45, 7) is 0. The molecule has 1 aliphatic heterocycles. The molecule has 1 aromatic carbocycles. The van der Waals surface area contributed by atoms with Gasteiger partial charge in [-0.3, -0.25) is 0 Å². The first-order valence-corrected chi connectivity index (χ1v) is 8.65. The molecule has 1 unspecified atom stereocenters. The molecule has 5 nitrogen and oxygen atoms in total. The molecule has 0 spiro atoms. The zero-order valence-electron chi connectivity index (χ0n) is 10.1. The van der Waals surface area contributed by atoms with Gasteiger partial charge in [0.1, 0.15) is 4.90 Å².